The van der Waals surface area contributed by atoms with Crippen LogP contribution in [0.5, 0.6) is 11.5 Å². The number of hydrogen-bond acceptors (Lipinski definition) is 5. The molecule has 10 heteroatoms. The van der Waals surface area contributed by atoms with Crippen molar-refractivity contribution in [2.75, 3.05) is 24.9 Å². The van der Waals surface area contributed by atoms with Gasteiger partial charge in [-0.25, -0.2) is 0 Å². The number of rotatable bonds is 6. The summed E-state index contributed by atoms with van der Waals surface area (Å²) < 4.78 is 10.5. The smallest absolute Gasteiger partial charge is 0.264 e. The maximum atomic E-state index is 12.8. The molecule has 170 valence electrons. The van der Waals surface area contributed by atoms with Gasteiger partial charge in [0.1, 0.15) is 17.1 Å². The largest absolute Gasteiger partial charge is 0.496 e. The highest BCUT2D eigenvalue weighted by atomic mass is 35.5. The van der Waals surface area contributed by atoms with Crippen LogP contribution in [0.3, 0.4) is 0 Å². The van der Waals surface area contributed by atoms with Crippen molar-refractivity contribution >= 4 is 63.7 Å². The highest BCUT2D eigenvalue weighted by molar-refractivity contribution is 7.80. The number of amides is 2. The fourth-order valence-electron chi connectivity index (χ4n) is 2.95. The maximum Gasteiger partial charge on any atom is 0.264 e. The molecular formula is C23H19Cl2N3O4S. The van der Waals surface area contributed by atoms with Gasteiger partial charge in [0, 0.05) is 16.4 Å². The summed E-state index contributed by atoms with van der Waals surface area (Å²) in [6.45, 7) is 0. The number of ether oxygens (including phenoxy) is 2. The van der Waals surface area contributed by atoms with Gasteiger partial charge < -0.3 is 20.1 Å². The summed E-state index contributed by atoms with van der Waals surface area (Å²) >= 11 is 17.2. The van der Waals surface area contributed by atoms with E-state index in [9.17, 15) is 9.59 Å². The predicted molar refractivity (Wildman–Crippen MR) is 134 cm³/mol. The molecule has 0 aliphatic rings. The zero-order chi connectivity index (χ0) is 24.0. The molecule has 33 heavy (non-hydrogen) atoms. The molecule has 3 aromatic carbocycles. The van der Waals surface area contributed by atoms with Gasteiger partial charge >= 0.3 is 0 Å². The van der Waals surface area contributed by atoms with Crippen LogP contribution in [0.25, 0.3) is 0 Å². The molecule has 0 heterocycles. The number of carbonyl (C=O) groups excluding carboxylic acids is 2. The molecule has 0 spiro atoms. The number of carbonyl (C=O) groups is 2. The molecule has 3 N–H and O–H groups in total. The monoisotopic (exact) mass is 503 g/mol. The normalized spacial score (nSPS) is 10.2. The average Bonchev–Trinajstić information content (AvgIpc) is 2.78. The Hall–Kier alpha value is -3.33. The Kier molecular flexibility index (Phi) is 8.11. The van der Waals surface area contributed by atoms with E-state index in [1.807, 2.05) is 0 Å². The van der Waals surface area contributed by atoms with Gasteiger partial charge in [-0.1, -0.05) is 35.3 Å². The summed E-state index contributed by atoms with van der Waals surface area (Å²) in [6.07, 6.45) is 0. The molecule has 0 fully saturated rings. The van der Waals surface area contributed by atoms with Crippen molar-refractivity contribution in [1.29, 1.82) is 0 Å². The van der Waals surface area contributed by atoms with Crippen molar-refractivity contribution in [3.63, 3.8) is 0 Å². The molecule has 0 aromatic heterocycles. The van der Waals surface area contributed by atoms with Crippen LogP contribution in [0, 0.1) is 0 Å². The van der Waals surface area contributed by atoms with Crippen molar-refractivity contribution in [1.82, 2.24) is 5.32 Å². The van der Waals surface area contributed by atoms with Gasteiger partial charge in [-0.3, -0.25) is 14.9 Å². The maximum absolute atomic E-state index is 12.8. The Morgan fingerprint density at radius 2 is 1.42 bits per heavy atom. The second kappa shape index (κ2) is 11.0. The van der Waals surface area contributed by atoms with E-state index in [0.717, 1.165) is 0 Å². The van der Waals surface area contributed by atoms with Crippen LogP contribution in [-0.4, -0.2) is 31.1 Å². The molecule has 0 saturated heterocycles. The molecular weight excluding hydrogens is 485 g/mol. The minimum Gasteiger partial charge on any atom is -0.496 e. The number of halogens is 2. The van der Waals surface area contributed by atoms with Crippen molar-refractivity contribution in [3.8, 4) is 11.5 Å². The summed E-state index contributed by atoms with van der Waals surface area (Å²) in [5.74, 6) is -0.197. The first-order chi connectivity index (χ1) is 15.8. The molecule has 3 rings (SSSR count). The number of hydrogen-bond donors (Lipinski definition) is 3. The number of methoxy groups -OCH3 is 2. The zero-order valence-corrected chi connectivity index (χ0v) is 19.9. The van der Waals surface area contributed by atoms with Gasteiger partial charge in [0.2, 0.25) is 0 Å². The van der Waals surface area contributed by atoms with E-state index in [1.165, 1.54) is 20.3 Å². The number of anilines is 2. The molecule has 2 amide bonds. The number of nitrogens with one attached hydrogen (secondary N) is 3. The lowest BCUT2D eigenvalue weighted by Crippen LogP contribution is -2.34. The van der Waals surface area contributed by atoms with E-state index in [2.05, 4.69) is 16.0 Å². The quantitative estimate of drug-likeness (QED) is 0.390. The minimum atomic E-state index is -0.497. The third kappa shape index (κ3) is 6.13. The highest BCUT2D eigenvalue weighted by Crippen LogP contribution is 2.28. The van der Waals surface area contributed by atoms with E-state index < -0.39 is 11.8 Å². The van der Waals surface area contributed by atoms with E-state index >= 15 is 0 Å². The van der Waals surface area contributed by atoms with Gasteiger partial charge in [0.15, 0.2) is 5.11 Å². The molecule has 7 nitrogen and oxygen atoms in total. The third-order valence-corrected chi connectivity index (χ3v) is 5.19. The van der Waals surface area contributed by atoms with Gasteiger partial charge in [0.05, 0.1) is 24.8 Å². The molecule has 0 radical (unpaired) electrons. The van der Waals surface area contributed by atoms with Crippen LogP contribution >= 0.6 is 35.4 Å². The first kappa shape index (κ1) is 24.3. The fourth-order valence-corrected chi connectivity index (χ4v) is 3.65. The van der Waals surface area contributed by atoms with E-state index in [4.69, 9.17) is 44.9 Å². The molecule has 0 aliphatic heterocycles. The Morgan fingerprint density at radius 3 is 2.03 bits per heavy atom. The Balaban J connectivity index is 1.69. The average molecular weight is 504 g/mol. The van der Waals surface area contributed by atoms with E-state index in [1.54, 1.807) is 54.6 Å². The van der Waals surface area contributed by atoms with Gasteiger partial charge in [-0.2, -0.15) is 0 Å². The van der Waals surface area contributed by atoms with Crippen LogP contribution in [0.4, 0.5) is 11.4 Å². The number of benzene rings is 3. The summed E-state index contributed by atoms with van der Waals surface area (Å²) in [6, 6.07) is 16.4. The van der Waals surface area contributed by atoms with Crippen molar-refractivity contribution < 1.29 is 19.1 Å². The van der Waals surface area contributed by atoms with Crippen LogP contribution in [0.2, 0.25) is 10.0 Å². The van der Waals surface area contributed by atoms with Crippen LogP contribution in [0.15, 0.2) is 60.7 Å². The van der Waals surface area contributed by atoms with Crippen molar-refractivity contribution in [3.05, 3.63) is 81.8 Å². The Labute approximate surface area is 206 Å². The lowest BCUT2D eigenvalue weighted by atomic mass is 10.1. The fraction of sp³-hybridized carbons (Fsp3) is 0.0870. The molecule has 0 saturated carbocycles. The molecule has 0 aliphatic carbocycles. The molecule has 0 atom stereocenters. The van der Waals surface area contributed by atoms with Gasteiger partial charge in [-0.15, -0.1) is 0 Å². The topological polar surface area (TPSA) is 88.7 Å². The first-order valence-electron chi connectivity index (χ1n) is 9.52. The highest BCUT2D eigenvalue weighted by Gasteiger charge is 2.19. The minimum absolute atomic E-state index is 0.0529. The molecule has 0 unspecified atom stereocenters. The van der Waals surface area contributed by atoms with Crippen molar-refractivity contribution in [2.45, 2.75) is 0 Å². The zero-order valence-electron chi connectivity index (χ0n) is 17.6. The Bertz CT molecular complexity index is 1200. The van der Waals surface area contributed by atoms with Crippen LogP contribution < -0.4 is 25.4 Å². The summed E-state index contributed by atoms with van der Waals surface area (Å²) in [7, 11) is 2.91. The van der Waals surface area contributed by atoms with Crippen LogP contribution in [0.1, 0.15) is 20.7 Å². The van der Waals surface area contributed by atoms with E-state index in [0.29, 0.717) is 27.9 Å². The van der Waals surface area contributed by atoms with Crippen LogP contribution in [-0.2, 0) is 0 Å². The lowest BCUT2D eigenvalue weighted by molar-refractivity contribution is 0.0970. The molecule has 3 aromatic rings. The van der Waals surface area contributed by atoms with E-state index in [-0.39, 0.29) is 21.3 Å². The number of thiocarbonyl (C=S) groups is 1. The summed E-state index contributed by atoms with van der Waals surface area (Å²) in [5.41, 5.74) is 1.55. The molecule has 0 bridgehead atoms. The second-order valence-electron chi connectivity index (χ2n) is 6.60. The summed E-state index contributed by atoms with van der Waals surface area (Å²) in [5, 5.41) is 9.00. The lowest BCUT2D eigenvalue weighted by Gasteiger charge is -2.14. The van der Waals surface area contributed by atoms with Crippen molar-refractivity contribution in [2.24, 2.45) is 0 Å². The predicted octanol–water partition coefficient (Wildman–Crippen LogP) is 5.39. The first-order valence-corrected chi connectivity index (χ1v) is 10.7. The standard InChI is InChI=1S/C23H19Cl2N3O4S/c1-31-18-7-4-8-19(32-2)20(18)22(30)28-23(33)27-15-6-3-5-14(12-15)26-21(29)16-10-9-13(24)11-17(16)25/h3-12H,1-2H3,(H,26,29)(H2,27,28,30,33). The SMILES string of the molecule is COc1cccc(OC)c1C(=O)NC(=S)Nc1cccc(NC(=O)c2ccc(Cl)cc2Cl)c1. The third-order valence-electron chi connectivity index (χ3n) is 4.44. The Morgan fingerprint density at radius 1 is 0.818 bits per heavy atom. The summed E-state index contributed by atoms with van der Waals surface area (Å²) in [4.78, 5) is 25.3. The van der Waals surface area contributed by atoms with Gasteiger partial charge in [-0.05, 0) is 60.7 Å². The second-order valence-corrected chi connectivity index (χ2v) is 7.86. The van der Waals surface area contributed by atoms with Gasteiger partial charge in [0.25, 0.3) is 11.8 Å².